The molecule has 2 heterocycles. The van der Waals surface area contributed by atoms with Crippen molar-refractivity contribution in [3.05, 3.63) is 30.2 Å². The lowest BCUT2D eigenvalue weighted by Crippen LogP contribution is -2.08. The van der Waals surface area contributed by atoms with E-state index in [0.29, 0.717) is 18.8 Å². The number of H-pyrrole nitrogens is 1. The predicted molar refractivity (Wildman–Crippen MR) is 55.6 cm³/mol. The molecule has 8 heteroatoms. The van der Waals surface area contributed by atoms with Crippen molar-refractivity contribution in [1.82, 2.24) is 25.1 Å². The van der Waals surface area contributed by atoms with Gasteiger partial charge in [0.25, 0.3) is 6.43 Å². The van der Waals surface area contributed by atoms with Gasteiger partial charge in [-0.1, -0.05) is 0 Å². The molecule has 0 radical (unpaired) electrons. The van der Waals surface area contributed by atoms with Crippen LogP contribution < -0.4 is 5.32 Å². The predicted octanol–water partition coefficient (Wildman–Crippen LogP) is 1.19. The SMILES string of the molecule is FC(F)c1cc(NCCc2ncn[nH]2)ncn1. The summed E-state index contributed by atoms with van der Waals surface area (Å²) >= 11 is 0. The first-order valence-corrected chi connectivity index (χ1v) is 4.94. The number of rotatable bonds is 5. The molecule has 2 aromatic rings. The third-order valence-electron chi connectivity index (χ3n) is 2.04. The molecule has 0 unspecified atom stereocenters. The fourth-order valence-electron chi connectivity index (χ4n) is 1.25. The molecule has 0 aromatic carbocycles. The van der Waals surface area contributed by atoms with Gasteiger partial charge in [-0.05, 0) is 0 Å². The molecule has 0 saturated heterocycles. The zero-order valence-corrected chi connectivity index (χ0v) is 8.77. The summed E-state index contributed by atoms with van der Waals surface area (Å²) in [5.41, 5.74) is -0.290. The van der Waals surface area contributed by atoms with Gasteiger partial charge in [0.15, 0.2) is 0 Å². The van der Waals surface area contributed by atoms with Crippen LogP contribution in [-0.2, 0) is 6.42 Å². The maximum Gasteiger partial charge on any atom is 0.280 e. The van der Waals surface area contributed by atoms with Gasteiger partial charge in [-0.25, -0.2) is 23.7 Å². The first kappa shape index (κ1) is 11.4. The van der Waals surface area contributed by atoms with Crippen molar-refractivity contribution in [3.63, 3.8) is 0 Å². The third kappa shape index (κ3) is 3.16. The molecule has 0 bridgehead atoms. The second kappa shape index (κ2) is 5.28. The quantitative estimate of drug-likeness (QED) is 0.820. The molecule has 6 nitrogen and oxygen atoms in total. The lowest BCUT2D eigenvalue weighted by atomic mass is 10.3. The zero-order chi connectivity index (χ0) is 12.1. The number of hydrogen-bond donors (Lipinski definition) is 2. The molecule has 2 aromatic heterocycles. The standard InChI is InChI=1S/C9H10F2N6/c10-9(11)6-3-8(14-4-13-6)12-2-1-7-15-5-16-17-7/h3-5,9H,1-2H2,(H,12,13,14)(H,15,16,17). The van der Waals surface area contributed by atoms with Crippen LogP contribution in [0.5, 0.6) is 0 Å². The summed E-state index contributed by atoms with van der Waals surface area (Å²) in [5, 5.41) is 9.30. The van der Waals surface area contributed by atoms with Gasteiger partial charge in [0, 0.05) is 19.0 Å². The van der Waals surface area contributed by atoms with E-state index in [2.05, 4.69) is 30.5 Å². The lowest BCUT2D eigenvalue weighted by Gasteiger charge is -2.05. The van der Waals surface area contributed by atoms with E-state index in [1.54, 1.807) is 0 Å². The van der Waals surface area contributed by atoms with Crippen molar-refractivity contribution < 1.29 is 8.78 Å². The Labute approximate surface area is 95.5 Å². The molecule has 0 aliphatic heterocycles. The second-order valence-corrected chi connectivity index (χ2v) is 3.24. The molecule has 17 heavy (non-hydrogen) atoms. The van der Waals surface area contributed by atoms with Crippen molar-refractivity contribution >= 4 is 5.82 Å². The smallest absolute Gasteiger partial charge is 0.280 e. The highest BCUT2D eigenvalue weighted by atomic mass is 19.3. The molecule has 0 spiro atoms. The Kier molecular flexibility index (Phi) is 3.53. The van der Waals surface area contributed by atoms with E-state index in [9.17, 15) is 8.78 Å². The van der Waals surface area contributed by atoms with Crippen LogP contribution in [0.2, 0.25) is 0 Å². The summed E-state index contributed by atoms with van der Waals surface area (Å²) < 4.78 is 24.7. The van der Waals surface area contributed by atoms with Crippen LogP contribution in [0.1, 0.15) is 17.9 Å². The minimum atomic E-state index is -2.59. The van der Waals surface area contributed by atoms with E-state index in [1.807, 2.05) is 0 Å². The van der Waals surface area contributed by atoms with Gasteiger partial charge < -0.3 is 5.32 Å². The molecule has 90 valence electrons. The first-order valence-electron chi connectivity index (χ1n) is 4.94. The molecular weight excluding hydrogens is 230 g/mol. The Hall–Kier alpha value is -2.12. The number of halogens is 2. The van der Waals surface area contributed by atoms with Gasteiger partial charge in [0.05, 0.1) is 0 Å². The highest BCUT2D eigenvalue weighted by molar-refractivity contribution is 5.35. The number of nitrogens with one attached hydrogen (secondary N) is 2. The van der Waals surface area contributed by atoms with E-state index in [0.717, 1.165) is 12.2 Å². The van der Waals surface area contributed by atoms with E-state index in [1.165, 1.54) is 12.4 Å². The minimum Gasteiger partial charge on any atom is -0.370 e. The molecule has 0 amide bonds. The number of hydrogen-bond acceptors (Lipinski definition) is 5. The number of alkyl halides is 2. The highest BCUT2D eigenvalue weighted by Crippen LogP contribution is 2.17. The van der Waals surface area contributed by atoms with E-state index in [-0.39, 0.29) is 5.69 Å². The van der Waals surface area contributed by atoms with Crippen LogP contribution >= 0.6 is 0 Å². The first-order chi connectivity index (χ1) is 8.25. The van der Waals surface area contributed by atoms with E-state index in [4.69, 9.17) is 0 Å². The number of aromatic nitrogens is 5. The van der Waals surface area contributed by atoms with Gasteiger partial charge in [0.1, 0.15) is 30.0 Å². The molecule has 0 aliphatic rings. The Balaban J connectivity index is 1.88. The zero-order valence-electron chi connectivity index (χ0n) is 8.77. The van der Waals surface area contributed by atoms with Crippen LogP contribution in [0.15, 0.2) is 18.7 Å². The van der Waals surface area contributed by atoms with Crippen LogP contribution in [0.4, 0.5) is 14.6 Å². The normalized spacial score (nSPS) is 10.8. The summed E-state index contributed by atoms with van der Waals surface area (Å²) in [4.78, 5) is 11.2. The summed E-state index contributed by atoms with van der Waals surface area (Å²) in [6, 6.07) is 1.23. The van der Waals surface area contributed by atoms with E-state index < -0.39 is 6.43 Å². The van der Waals surface area contributed by atoms with Crippen molar-refractivity contribution in [2.45, 2.75) is 12.8 Å². The fraction of sp³-hybridized carbons (Fsp3) is 0.333. The Bertz CT molecular complexity index is 458. The van der Waals surface area contributed by atoms with Gasteiger partial charge in [-0.3, -0.25) is 5.10 Å². The topological polar surface area (TPSA) is 79.4 Å². The number of aromatic amines is 1. The van der Waals surface area contributed by atoms with Crippen LogP contribution in [0.3, 0.4) is 0 Å². The average Bonchev–Trinajstić information content (AvgIpc) is 2.82. The summed E-state index contributed by atoms with van der Waals surface area (Å²) in [5.74, 6) is 1.09. The van der Waals surface area contributed by atoms with Crippen molar-refractivity contribution in [1.29, 1.82) is 0 Å². The number of anilines is 1. The molecule has 2 N–H and O–H groups in total. The van der Waals surface area contributed by atoms with Crippen molar-refractivity contribution in [2.75, 3.05) is 11.9 Å². The molecule has 0 atom stereocenters. The monoisotopic (exact) mass is 240 g/mol. The maximum atomic E-state index is 12.4. The summed E-state index contributed by atoms with van der Waals surface area (Å²) in [6.07, 6.45) is 0.536. The molecular formula is C9H10F2N6. The minimum absolute atomic E-state index is 0.290. The second-order valence-electron chi connectivity index (χ2n) is 3.24. The van der Waals surface area contributed by atoms with Crippen LogP contribution in [0.25, 0.3) is 0 Å². The Morgan fingerprint density at radius 1 is 1.24 bits per heavy atom. The van der Waals surface area contributed by atoms with Gasteiger partial charge in [0.2, 0.25) is 0 Å². The van der Waals surface area contributed by atoms with Crippen LogP contribution in [-0.4, -0.2) is 31.7 Å². The van der Waals surface area contributed by atoms with Gasteiger partial charge >= 0.3 is 0 Å². The molecule has 0 saturated carbocycles. The van der Waals surface area contributed by atoms with Crippen molar-refractivity contribution in [3.8, 4) is 0 Å². The lowest BCUT2D eigenvalue weighted by molar-refractivity contribution is 0.146. The molecule has 0 aliphatic carbocycles. The van der Waals surface area contributed by atoms with Gasteiger partial charge in [-0.15, -0.1) is 0 Å². The highest BCUT2D eigenvalue weighted by Gasteiger charge is 2.09. The van der Waals surface area contributed by atoms with E-state index >= 15 is 0 Å². The van der Waals surface area contributed by atoms with Gasteiger partial charge in [-0.2, -0.15) is 5.10 Å². The Morgan fingerprint density at radius 3 is 2.82 bits per heavy atom. The summed E-state index contributed by atoms with van der Waals surface area (Å²) in [7, 11) is 0. The van der Waals surface area contributed by atoms with Crippen molar-refractivity contribution in [2.24, 2.45) is 0 Å². The third-order valence-corrected chi connectivity index (χ3v) is 2.04. The van der Waals surface area contributed by atoms with Crippen LogP contribution in [0, 0.1) is 0 Å². The fourth-order valence-corrected chi connectivity index (χ4v) is 1.25. The Morgan fingerprint density at radius 2 is 2.12 bits per heavy atom. The molecule has 2 rings (SSSR count). The average molecular weight is 240 g/mol. The maximum absolute atomic E-state index is 12.4. The summed E-state index contributed by atoms with van der Waals surface area (Å²) in [6.45, 7) is 0.523. The number of nitrogens with zero attached hydrogens (tertiary/aromatic N) is 4. The molecule has 0 fully saturated rings. The largest absolute Gasteiger partial charge is 0.370 e.